The molecule has 1 aliphatic heterocycles. The highest BCUT2D eigenvalue weighted by Crippen LogP contribution is 2.42. The third-order valence-corrected chi connectivity index (χ3v) is 7.19. The van der Waals surface area contributed by atoms with Gasteiger partial charge in [-0.15, -0.1) is 0 Å². The SMILES string of the molecule is COc1cccc(-c2ccc3c(c2)CCN(c2nc(Nc4ccc(F)cc4)nc(C)c2C)C3(C)OC(C)=O)c1. The Morgan fingerprint density at radius 2 is 1.77 bits per heavy atom. The van der Waals surface area contributed by atoms with Gasteiger partial charge in [0.05, 0.1) is 7.11 Å². The van der Waals surface area contributed by atoms with Gasteiger partial charge < -0.3 is 19.7 Å². The summed E-state index contributed by atoms with van der Waals surface area (Å²) >= 11 is 0. The number of fused-ring (bicyclic) bond motifs is 1. The van der Waals surface area contributed by atoms with Gasteiger partial charge >= 0.3 is 5.97 Å². The number of halogens is 1. The van der Waals surface area contributed by atoms with E-state index in [1.807, 2.05) is 62.1 Å². The Morgan fingerprint density at radius 3 is 2.49 bits per heavy atom. The summed E-state index contributed by atoms with van der Waals surface area (Å²) in [4.78, 5) is 23.9. The van der Waals surface area contributed by atoms with Gasteiger partial charge in [-0.1, -0.05) is 30.3 Å². The smallest absolute Gasteiger partial charge is 0.305 e. The van der Waals surface area contributed by atoms with Crippen molar-refractivity contribution in [3.63, 3.8) is 0 Å². The molecule has 39 heavy (non-hydrogen) atoms. The highest BCUT2D eigenvalue weighted by Gasteiger charge is 2.43. The molecule has 2 heterocycles. The van der Waals surface area contributed by atoms with Crippen LogP contribution in [0.1, 0.15) is 36.2 Å². The van der Waals surface area contributed by atoms with Crippen molar-refractivity contribution in [1.29, 1.82) is 0 Å². The van der Waals surface area contributed by atoms with Gasteiger partial charge in [-0.3, -0.25) is 4.79 Å². The maximum Gasteiger partial charge on any atom is 0.305 e. The monoisotopic (exact) mass is 526 g/mol. The molecule has 0 saturated carbocycles. The molecule has 0 radical (unpaired) electrons. The topological polar surface area (TPSA) is 76.6 Å². The fraction of sp³-hybridized carbons (Fsp3) is 0.258. The average molecular weight is 527 g/mol. The van der Waals surface area contributed by atoms with Gasteiger partial charge in [0.25, 0.3) is 0 Å². The molecule has 8 heteroatoms. The van der Waals surface area contributed by atoms with Crippen molar-refractivity contribution in [3.05, 3.63) is 94.9 Å². The number of hydrogen-bond donors (Lipinski definition) is 1. The number of esters is 1. The largest absolute Gasteiger partial charge is 0.497 e. The molecule has 1 atom stereocenters. The summed E-state index contributed by atoms with van der Waals surface area (Å²) in [5, 5.41) is 3.17. The molecule has 7 nitrogen and oxygen atoms in total. The Kier molecular flexibility index (Phi) is 6.95. The van der Waals surface area contributed by atoms with Crippen LogP contribution in [0.4, 0.5) is 21.8 Å². The molecule has 1 N–H and O–H groups in total. The Hall–Kier alpha value is -4.46. The number of hydrogen-bond acceptors (Lipinski definition) is 7. The van der Waals surface area contributed by atoms with E-state index in [4.69, 9.17) is 14.5 Å². The Morgan fingerprint density at radius 1 is 1.03 bits per heavy atom. The number of rotatable bonds is 6. The minimum Gasteiger partial charge on any atom is -0.497 e. The molecule has 0 spiro atoms. The van der Waals surface area contributed by atoms with E-state index in [-0.39, 0.29) is 11.8 Å². The molecule has 0 amide bonds. The third-order valence-electron chi connectivity index (χ3n) is 7.19. The van der Waals surface area contributed by atoms with Crippen LogP contribution in [0.3, 0.4) is 0 Å². The van der Waals surface area contributed by atoms with Crippen molar-refractivity contribution in [3.8, 4) is 16.9 Å². The van der Waals surface area contributed by atoms with E-state index in [2.05, 4.69) is 16.4 Å². The van der Waals surface area contributed by atoms with Gasteiger partial charge in [0, 0.05) is 36.0 Å². The molecule has 0 fully saturated rings. The first-order chi connectivity index (χ1) is 18.7. The van der Waals surface area contributed by atoms with Crippen LogP contribution in [0.15, 0.2) is 66.7 Å². The van der Waals surface area contributed by atoms with E-state index >= 15 is 0 Å². The molecule has 200 valence electrons. The zero-order valence-corrected chi connectivity index (χ0v) is 22.7. The summed E-state index contributed by atoms with van der Waals surface area (Å²) in [5.74, 6) is 1.13. The maximum atomic E-state index is 13.4. The number of carbonyl (C=O) groups excluding carboxylic acids is 1. The van der Waals surface area contributed by atoms with Gasteiger partial charge in [0.15, 0.2) is 0 Å². The second kappa shape index (κ2) is 10.4. The van der Waals surface area contributed by atoms with Crippen molar-refractivity contribution in [1.82, 2.24) is 9.97 Å². The number of nitrogens with zero attached hydrogens (tertiary/aromatic N) is 3. The third kappa shape index (κ3) is 5.14. The van der Waals surface area contributed by atoms with Gasteiger partial charge in [-0.05, 0) is 80.3 Å². The van der Waals surface area contributed by atoms with Crippen molar-refractivity contribution in [2.75, 3.05) is 23.9 Å². The van der Waals surface area contributed by atoms with Crippen molar-refractivity contribution >= 4 is 23.4 Å². The lowest BCUT2D eigenvalue weighted by Crippen LogP contribution is -2.52. The van der Waals surface area contributed by atoms with Crippen LogP contribution in [0.25, 0.3) is 11.1 Å². The van der Waals surface area contributed by atoms with Crippen LogP contribution in [-0.4, -0.2) is 29.6 Å². The summed E-state index contributed by atoms with van der Waals surface area (Å²) in [6.45, 7) is 7.77. The second-order valence-corrected chi connectivity index (χ2v) is 9.80. The molecule has 0 saturated heterocycles. The van der Waals surface area contributed by atoms with Crippen molar-refractivity contribution < 1.29 is 18.7 Å². The maximum absolute atomic E-state index is 13.4. The number of carbonyl (C=O) groups is 1. The van der Waals surface area contributed by atoms with Crippen LogP contribution in [0, 0.1) is 19.7 Å². The van der Waals surface area contributed by atoms with Crippen LogP contribution < -0.4 is 15.0 Å². The number of aromatic nitrogens is 2. The minimum absolute atomic E-state index is 0.319. The number of nitrogens with one attached hydrogen (secondary N) is 1. The molecular weight excluding hydrogens is 495 g/mol. The highest BCUT2D eigenvalue weighted by molar-refractivity contribution is 5.71. The Balaban J connectivity index is 1.56. The van der Waals surface area contributed by atoms with Crippen LogP contribution in [0.2, 0.25) is 0 Å². The lowest BCUT2D eigenvalue weighted by atomic mass is 9.87. The summed E-state index contributed by atoms with van der Waals surface area (Å²) < 4.78 is 24.9. The van der Waals surface area contributed by atoms with E-state index in [0.717, 1.165) is 45.7 Å². The van der Waals surface area contributed by atoms with E-state index < -0.39 is 5.72 Å². The van der Waals surface area contributed by atoms with Gasteiger partial charge in [0.2, 0.25) is 11.7 Å². The lowest BCUT2D eigenvalue weighted by Gasteiger charge is -2.46. The molecule has 0 aliphatic carbocycles. The quantitative estimate of drug-likeness (QED) is 0.289. The molecular formula is C31H31FN4O3. The fourth-order valence-electron chi connectivity index (χ4n) is 5.12. The first kappa shape index (κ1) is 26.2. The average Bonchev–Trinajstić information content (AvgIpc) is 2.91. The van der Waals surface area contributed by atoms with Crippen molar-refractivity contribution in [2.24, 2.45) is 0 Å². The molecule has 5 rings (SSSR count). The van der Waals surface area contributed by atoms with Crippen molar-refractivity contribution in [2.45, 2.75) is 39.8 Å². The number of anilines is 3. The first-order valence-corrected chi connectivity index (χ1v) is 12.8. The first-order valence-electron chi connectivity index (χ1n) is 12.8. The van der Waals surface area contributed by atoms with Crippen LogP contribution >= 0.6 is 0 Å². The van der Waals surface area contributed by atoms with Gasteiger partial charge in [0.1, 0.15) is 17.4 Å². The number of ether oxygens (including phenoxy) is 2. The molecule has 1 aromatic heterocycles. The number of methoxy groups -OCH3 is 1. The highest BCUT2D eigenvalue weighted by atomic mass is 19.1. The van der Waals surface area contributed by atoms with E-state index in [1.54, 1.807) is 19.2 Å². The predicted octanol–water partition coefficient (Wildman–Crippen LogP) is 6.45. The minimum atomic E-state index is -1.09. The molecule has 0 bridgehead atoms. The number of benzene rings is 3. The van der Waals surface area contributed by atoms with Crippen LogP contribution in [0.5, 0.6) is 5.75 Å². The summed E-state index contributed by atoms with van der Waals surface area (Å²) in [5.41, 5.74) is 5.36. The summed E-state index contributed by atoms with van der Waals surface area (Å²) in [6.07, 6.45) is 0.729. The fourth-order valence-corrected chi connectivity index (χ4v) is 5.12. The van der Waals surface area contributed by atoms with E-state index in [0.29, 0.717) is 24.0 Å². The van der Waals surface area contributed by atoms with Crippen LogP contribution in [-0.2, 0) is 21.7 Å². The van der Waals surface area contributed by atoms with Gasteiger partial charge in [-0.2, -0.15) is 4.98 Å². The molecule has 4 aromatic rings. The lowest BCUT2D eigenvalue weighted by molar-refractivity contribution is -0.157. The summed E-state index contributed by atoms with van der Waals surface area (Å²) in [7, 11) is 1.66. The molecule has 1 aliphatic rings. The Labute approximate surface area is 227 Å². The normalized spacial score (nSPS) is 16.4. The number of aryl methyl sites for hydroxylation is 1. The standard InChI is InChI=1S/C31H31FN4O3/c1-19-20(2)33-30(34-26-12-10-25(32)11-13-26)35-29(19)36-16-15-24-17-23(22-7-6-8-27(18-22)38-5)9-14-28(24)31(36,4)39-21(3)37/h6-14,17-18H,15-16H2,1-5H3,(H,33,34,35). The second-order valence-electron chi connectivity index (χ2n) is 9.80. The summed E-state index contributed by atoms with van der Waals surface area (Å²) in [6, 6.07) is 20.2. The zero-order valence-electron chi connectivity index (χ0n) is 22.7. The Bertz CT molecular complexity index is 1540. The molecule has 3 aromatic carbocycles. The predicted molar refractivity (Wildman–Crippen MR) is 150 cm³/mol. The molecule has 1 unspecified atom stereocenters. The zero-order chi connectivity index (χ0) is 27.7. The van der Waals surface area contributed by atoms with Gasteiger partial charge in [-0.25, -0.2) is 9.37 Å². The van der Waals surface area contributed by atoms with E-state index in [9.17, 15) is 9.18 Å². The van der Waals surface area contributed by atoms with E-state index in [1.165, 1.54) is 19.1 Å².